The molecule has 4 unspecified atom stereocenters. The van der Waals surface area contributed by atoms with Gasteiger partial charge in [0.1, 0.15) is 0 Å². The van der Waals surface area contributed by atoms with Crippen molar-refractivity contribution < 1.29 is 19.4 Å². The smallest absolute Gasteiger partial charge is 0.406 e. The Morgan fingerprint density at radius 2 is 2.07 bits per heavy atom. The Morgan fingerprint density at radius 1 is 1.30 bits per heavy atom. The summed E-state index contributed by atoms with van der Waals surface area (Å²) in [6, 6.07) is 0. The fourth-order valence-corrected chi connectivity index (χ4v) is 3.64. The number of nitrogens with zero attached hydrogens (tertiary/aromatic N) is 1. The van der Waals surface area contributed by atoms with E-state index in [-0.39, 0.29) is 6.10 Å². The summed E-state index contributed by atoms with van der Waals surface area (Å²) < 4.78 is 10.7. The maximum atomic E-state index is 11.2. The number of carbonyl (C=O) groups excluding carboxylic acids is 1. The highest BCUT2D eigenvalue weighted by Crippen LogP contribution is 2.33. The second-order valence-corrected chi connectivity index (χ2v) is 7.56. The molecule has 0 saturated heterocycles. The van der Waals surface area contributed by atoms with E-state index in [0.29, 0.717) is 25.6 Å². The minimum Gasteiger partial charge on any atom is -0.453 e. The predicted molar refractivity (Wildman–Crippen MR) is 106 cm³/mol. The number of methoxy groups -OCH3 is 1. The molecule has 160 valence electrons. The van der Waals surface area contributed by atoms with E-state index in [1.54, 1.807) is 0 Å². The number of hydrogen-bond donors (Lipinski definition) is 4. The Hall–Kier alpha value is -0.930. The molecule has 1 fully saturated rings. The first-order chi connectivity index (χ1) is 13.0. The van der Waals surface area contributed by atoms with Crippen molar-refractivity contribution in [3.63, 3.8) is 0 Å². The first-order valence-electron chi connectivity index (χ1n) is 10.2. The van der Waals surface area contributed by atoms with Crippen LogP contribution in [-0.2, 0) is 9.47 Å². The molecule has 4 atom stereocenters. The number of rotatable bonds is 13. The highest BCUT2D eigenvalue weighted by molar-refractivity contribution is 5.66. The van der Waals surface area contributed by atoms with E-state index in [4.69, 9.17) is 4.74 Å². The number of alkyl carbamates (subject to hydrolysis) is 1. The number of nitrogens with one attached hydrogen (secondary N) is 3. The molecule has 0 radical (unpaired) electrons. The molecule has 1 saturated carbocycles. The van der Waals surface area contributed by atoms with Crippen LogP contribution in [-0.4, -0.2) is 82.5 Å². The fourth-order valence-electron chi connectivity index (χ4n) is 3.64. The lowest BCUT2D eigenvalue weighted by Crippen LogP contribution is -2.46. The van der Waals surface area contributed by atoms with Crippen LogP contribution in [0.4, 0.5) is 4.79 Å². The standard InChI is InChI=1S/C19H40N4O4/c1-15-6-5-7-16(14-15)17(27-13-11-22-19(25)26-4)8-12-23(3)18(24)21-10-9-20-2/h15-18,20-21,24H,5-14H2,1-4H3,(H,22,25). The fraction of sp³-hybridized carbons (Fsp3) is 0.947. The van der Waals surface area contributed by atoms with Crippen LogP contribution in [0.1, 0.15) is 39.0 Å². The van der Waals surface area contributed by atoms with Crippen molar-refractivity contribution in [2.24, 2.45) is 11.8 Å². The van der Waals surface area contributed by atoms with E-state index in [1.165, 1.54) is 32.8 Å². The van der Waals surface area contributed by atoms with E-state index in [2.05, 4.69) is 27.6 Å². The molecule has 0 spiro atoms. The summed E-state index contributed by atoms with van der Waals surface area (Å²) in [5.41, 5.74) is 0. The molecular formula is C19H40N4O4. The minimum atomic E-state index is -0.662. The topological polar surface area (TPSA) is 95.1 Å². The molecule has 0 bridgehead atoms. The van der Waals surface area contributed by atoms with Crippen molar-refractivity contribution in [3.8, 4) is 0 Å². The maximum absolute atomic E-state index is 11.2. The molecule has 27 heavy (non-hydrogen) atoms. The Balaban J connectivity index is 2.45. The number of aliphatic hydroxyl groups is 1. The van der Waals surface area contributed by atoms with Crippen LogP contribution in [0.25, 0.3) is 0 Å². The normalized spacial score (nSPS) is 22.4. The molecular weight excluding hydrogens is 348 g/mol. The van der Waals surface area contributed by atoms with Gasteiger partial charge in [-0.15, -0.1) is 0 Å². The van der Waals surface area contributed by atoms with Crippen molar-refractivity contribution in [1.29, 1.82) is 0 Å². The van der Waals surface area contributed by atoms with Crippen molar-refractivity contribution in [1.82, 2.24) is 20.9 Å². The third-order valence-electron chi connectivity index (χ3n) is 5.28. The summed E-state index contributed by atoms with van der Waals surface area (Å²) in [7, 11) is 5.16. The molecule has 4 N–H and O–H groups in total. The van der Waals surface area contributed by atoms with Gasteiger partial charge in [-0.2, -0.15) is 0 Å². The van der Waals surface area contributed by atoms with Crippen molar-refractivity contribution >= 4 is 6.09 Å². The van der Waals surface area contributed by atoms with E-state index in [1.807, 2.05) is 19.0 Å². The number of carbonyl (C=O) groups is 1. The van der Waals surface area contributed by atoms with Gasteiger partial charge in [0.2, 0.25) is 0 Å². The molecule has 0 aliphatic heterocycles. The molecule has 1 rings (SSSR count). The van der Waals surface area contributed by atoms with Crippen molar-refractivity contribution in [2.75, 3.05) is 54.0 Å². The van der Waals surface area contributed by atoms with E-state index >= 15 is 0 Å². The third kappa shape index (κ3) is 10.3. The Morgan fingerprint density at radius 3 is 2.74 bits per heavy atom. The highest BCUT2D eigenvalue weighted by Gasteiger charge is 2.28. The quantitative estimate of drug-likeness (QED) is 0.276. The van der Waals surface area contributed by atoms with Gasteiger partial charge in [-0.1, -0.05) is 19.8 Å². The van der Waals surface area contributed by atoms with Gasteiger partial charge >= 0.3 is 6.09 Å². The predicted octanol–water partition coefficient (Wildman–Crippen LogP) is 0.961. The number of likely N-dealkylation sites (N-methyl/N-ethyl adjacent to an activating group) is 1. The van der Waals surface area contributed by atoms with Gasteiger partial charge in [0.05, 0.1) is 19.8 Å². The van der Waals surface area contributed by atoms with Gasteiger partial charge in [-0.25, -0.2) is 4.79 Å². The van der Waals surface area contributed by atoms with E-state index in [0.717, 1.165) is 25.4 Å². The SMILES string of the molecule is CNCCNC(O)N(C)CCC(OCCNC(=O)OC)C1CCCC(C)C1. The monoisotopic (exact) mass is 388 g/mol. The van der Waals surface area contributed by atoms with Crippen LogP contribution in [0.3, 0.4) is 0 Å². The second-order valence-electron chi connectivity index (χ2n) is 7.56. The van der Waals surface area contributed by atoms with Crippen LogP contribution >= 0.6 is 0 Å². The lowest BCUT2D eigenvalue weighted by atomic mass is 9.78. The van der Waals surface area contributed by atoms with E-state index in [9.17, 15) is 9.90 Å². The molecule has 0 aromatic rings. The summed E-state index contributed by atoms with van der Waals surface area (Å²) >= 11 is 0. The first kappa shape index (κ1) is 24.1. The Kier molecular flexibility index (Phi) is 12.6. The molecule has 0 heterocycles. The lowest BCUT2D eigenvalue weighted by Gasteiger charge is -2.34. The lowest BCUT2D eigenvalue weighted by molar-refractivity contribution is -0.0390. The van der Waals surface area contributed by atoms with Crippen LogP contribution in [0, 0.1) is 11.8 Å². The highest BCUT2D eigenvalue weighted by atomic mass is 16.5. The van der Waals surface area contributed by atoms with Gasteiger partial charge < -0.3 is 25.2 Å². The summed E-state index contributed by atoms with van der Waals surface area (Å²) in [6.45, 7) is 5.48. The summed E-state index contributed by atoms with van der Waals surface area (Å²) in [4.78, 5) is 13.1. The molecule has 1 aliphatic carbocycles. The zero-order valence-electron chi connectivity index (χ0n) is 17.5. The first-order valence-corrected chi connectivity index (χ1v) is 10.2. The largest absolute Gasteiger partial charge is 0.453 e. The molecule has 8 nitrogen and oxygen atoms in total. The summed E-state index contributed by atoms with van der Waals surface area (Å²) in [6.07, 6.45) is 4.81. The summed E-state index contributed by atoms with van der Waals surface area (Å²) in [5, 5.41) is 19.0. The van der Waals surface area contributed by atoms with Gasteiger partial charge in [-0.05, 0) is 45.2 Å². The number of hydrogen-bond acceptors (Lipinski definition) is 7. The number of ether oxygens (including phenoxy) is 2. The Bertz CT molecular complexity index is 400. The average molecular weight is 389 g/mol. The second kappa shape index (κ2) is 14.1. The van der Waals surface area contributed by atoms with Crippen LogP contribution in [0.15, 0.2) is 0 Å². The molecule has 0 aromatic carbocycles. The van der Waals surface area contributed by atoms with Gasteiger partial charge in [-0.3, -0.25) is 10.2 Å². The zero-order valence-corrected chi connectivity index (χ0v) is 17.5. The maximum Gasteiger partial charge on any atom is 0.406 e. The average Bonchev–Trinajstić information content (AvgIpc) is 2.66. The van der Waals surface area contributed by atoms with Gasteiger partial charge in [0.15, 0.2) is 6.35 Å². The van der Waals surface area contributed by atoms with Crippen LogP contribution in [0.2, 0.25) is 0 Å². The van der Waals surface area contributed by atoms with Gasteiger partial charge in [0, 0.05) is 26.2 Å². The minimum absolute atomic E-state index is 0.138. The molecule has 1 aliphatic rings. The number of amides is 1. The molecule has 0 aromatic heterocycles. The summed E-state index contributed by atoms with van der Waals surface area (Å²) in [5.74, 6) is 1.27. The molecule has 1 amide bonds. The Labute approximate surface area is 164 Å². The zero-order chi connectivity index (χ0) is 20.1. The van der Waals surface area contributed by atoms with Crippen LogP contribution in [0.5, 0.6) is 0 Å². The van der Waals surface area contributed by atoms with Crippen molar-refractivity contribution in [3.05, 3.63) is 0 Å². The number of aliphatic hydroxyl groups excluding tert-OH is 1. The van der Waals surface area contributed by atoms with Gasteiger partial charge in [0.25, 0.3) is 0 Å². The van der Waals surface area contributed by atoms with E-state index < -0.39 is 12.4 Å². The van der Waals surface area contributed by atoms with Crippen molar-refractivity contribution in [2.45, 2.75) is 51.5 Å². The molecule has 8 heteroatoms. The third-order valence-corrected chi connectivity index (χ3v) is 5.28. The van der Waals surface area contributed by atoms with Crippen LogP contribution < -0.4 is 16.0 Å².